The third-order valence-electron chi connectivity index (χ3n) is 10.7. The zero-order valence-electron chi connectivity index (χ0n) is 33.4. The van der Waals surface area contributed by atoms with Gasteiger partial charge in [-0.05, 0) is 77.2 Å². The number of aromatic nitrogens is 4. The second-order valence-corrected chi connectivity index (χ2v) is 15.0. The summed E-state index contributed by atoms with van der Waals surface area (Å²) >= 11 is 0. The number of nitrogens with zero attached hydrogens (tertiary/aromatic N) is 4. The molecule has 0 saturated carbocycles. The fraction of sp³-hybridized carbons (Fsp3) is 0.224. The van der Waals surface area contributed by atoms with Crippen LogP contribution >= 0.6 is 0 Å². The van der Waals surface area contributed by atoms with E-state index in [1.54, 1.807) is 0 Å². The molecular weight excluding hydrogens is 759 g/mol. The van der Waals surface area contributed by atoms with Gasteiger partial charge in [0, 0.05) is 104 Å². The number of halogens is 6. The molecule has 0 aliphatic heterocycles. The summed E-state index contributed by atoms with van der Waals surface area (Å²) in [7, 11) is 1.89. The van der Waals surface area contributed by atoms with Crippen molar-refractivity contribution in [2.45, 2.75) is 65.4 Å². The number of benzene rings is 3. The Hall–Kier alpha value is -6.16. The van der Waals surface area contributed by atoms with E-state index in [4.69, 9.17) is 0 Å². The molecule has 3 aromatic carbocycles. The van der Waals surface area contributed by atoms with E-state index >= 15 is 0 Å². The van der Waals surface area contributed by atoms with E-state index in [0.29, 0.717) is 28.2 Å². The Labute approximate surface area is 341 Å². The Balaban J connectivity index is 1.33. The van der Waals surface area contributed by atoms with Gasteiger partial charge in [-0.2, -0.15) is 35.5 Å². The van der Waals surface area contributed by atoms with Crippen molar-refractivity contribution in [1.82, 2.24) is 0 Å². The van der Waals surface area contributed by atoms with E-state index in [0.717, 1.165) is 76.6 Å². The second kappa shape index (κ2) is 17.0. The van der Waals surface area contributed by atoms with Gasteiger partial charge in [-0.3, -0.25) is 0 Å². The molecule has 0 N–H and O–H groups in total. The molecule has 7 rings (SSSR count). The molecule has 0 atom stereocenters. The molecule has 4 heterocycles. The minimum Gasteiger partial charge on any atom is -0.208 e. The molecule has 300 valence electrons. The van der Waals surface area contributed by atoms with E-state index in [-0.39, 0.29) is 0 Å². The first-order valence-corrected chi connectivity index (χ1v) is 19.7. The van der Waals surface area contributed by atoms with Gasteiger partial charge in [-0.1, -0.05) is 19.8 Å². The third kappa shape index (κ3) is 9.27. The van der Waals surface area contributed by atoms with Crippen LogP contribution in [0.1, 0.15) is 55.1 Å². The van der Waals surface area contributed by atoms with Crippen LogP contribution in [0.3, 0.4) is 0 Å². The van der Waals surface area contributed by atoms with Crippen molar-refractivity contribution in [2.24, 2.45) is 7.05 Å². The van der Waals surface area contributed by atoms with Gasteiger partial charge in [0.15, 0.2) is 36.2 Å². The van der Waals surface area contributed by atoms with Crippen LogP contribution in [-0.2, 0) is 25.9 Å². The summed E-state index contributed by atoms with van der Waals surface area (Å²) in [6, 6.07) is 33.9. The van der Waals surface area contributed by atoms with Crippen molar-refractivity contribution < 1.29 is 44.6 Å². The molecule has 0 fully saturated rings. The van der Waals surface area contributed by atoms with Gasteiger partial charge >= 0.3 is 12.4 Å². The fourth-order valence-electron chi connectivity index (χ4n) is 7.56. The number of alkyl halides is 6. The number of hydrogen-bond donors (Lipinski definition) is 0. The molecule has 0 amide bonds. The van der Waals surface area contributed by atoms with Crippen molar-refractivity contribution in [3.05, 3.63) is 169 Å². The summed E-state index contributed by atoms with van der Waals surface area (Å²) in [5.41, 5.74) is 7.96. The normalized spacial score (nSPS) is 11.9. The lowest BCUT2D eigenvalue weighted by Crippen LogP contribution is -2.39. The quantitative estimate of drug-likeness (QED) is 0.0703. The molecule has 0 bridgehead atoms. The maximum atomic E-state index is 13.7. The minimum absolute atomic E-state index is 0.498. The number of pyridine rings is 4. The summed E-state index contributed by atoms with van der Waals surface area (Å²) < 4.78 is 90.4. The fourth-order valence-corrected chi connectivity index (χ4v) is 7.56. The maximum Gasteiger partial charge on any atom is 0.416 e. The van der Waals surface area contributed by atoms with Crippen molar-refractivity contribution in [3.63, 3.8) is 0 Å². The van der Waals surface area contributed by atoms with Crippen LogP contribution in [-0.4, -0.2) is 0 Å². The van der Waals surface area contributed by atoms with Gasteiger partial charge in [-0.15, -0.1) is 0 Å². The van der Waals surface area contributed by atoms with Crippen LogP contribution in [0.5, 0.6) is 0 Å². The van der Waals surface area contributed by atoms with E-state index in [1.165, 1.54) is 43.5 Å². The van der Waals surface area contributed by atoms with Crippen LogP contribution in [0.4, 0.5) is 26.3 Å². The summed E-state index contributed by atoms with van der Waals surface area (Å²) in [4.78, 5) is 0. The average Bonchev–Trinajstić information content (AvgIpc) is 3.22. The van der Waals surface area contributed by atoms with Gasteiger partial charge in [0.05, 0.1) is 11.1 Å². The number of rotatable bonds is 11. The monoisotopic (exact) mass is 804 g/mol. The van der Waals surface area contributed by atoms with Gasteiger partial charge < -0.3 is 0 Å². The Morgan fingerprint density at radius 2 is 0.864 bits per heavy atom. The van der Waals surface area contributed by atoms with Crippen molar-refractivity contribution in [3.8, 4) is 56.1 Å². The van der Waals surface area contributed by atoms with E-state index < -0.39 is 23.5 Å². The summed E-state index contributed by atoms with van der Waals surface area (Å²) in [5, 5.41) is 0. The predicted molar refractivity (Wildman–Crippen MR) is 216 cm³/mol. The molecule has 0 aliphatic carbocycles. The van der Waals surface area contributed by atoms with Gasteiger partial charge in [0.1, 0.15) is 13.6 Å². The molecule has 0 aliphatic rings. The third-order valence-corrected chi connectivity index (χ3v) is 10.7. The van der Waals surface area contributed by atoms with Gasteiger partial charge in [-0.25, -0.2) is 9.13 Å². The summed E-state index contributed by atoms with van der Waals surface area (Å²) in [6.07, 6.45) is 3.81. The smallest absolute Gasteiger partial charge is 0.208 e. The van der Waals surface area contributed by atoms with Crippen molar-refractivity contribution in [1.29, 1.82) is 0 Å². The first kappa shape index (κ1) is 41.0. The highest BCUT2D eigenvalue weighted by atomic mass is 19.4. The summed E-state index contributed by atoms with van der Waals surface area (Å²) in [6.45, 7) is 7.33. The van der Waals surface area contributed by atoms with Crippen LogP contribution in [0.2, 0.25) is 0 Å². The lowest BCUT2D eigenvalue weighted by atomic mass is 9.98. The highest BCUT2D eigenvalue weighted by Gasteiger charge is 2.33. The van der Waals surface area contributed by atoms with Crippen LogP contribution < -0.4 is 18.3 Å². The van der Waals surface area contributed by atoms with E-state index in [9.17, 15) is 26.3 Å². The van der Waals surface area contributed by atoms with E-state index in [1.807, 2.05) is 77.1 Å². The standard InChI is InChI=1S/C49H46F6N4/c1-5-6-7-8-25-57-28-23-37(24-29-57)40-30-34(2)58(35(3)31-40)44-17-19-45(20-18-44)59-46(38-9-13-42(14-10-38)48(50,51)52)32-41(36-21-26-56(4)27-22-36)33-47(59)39-11-15-43(16-12-39)49(53,54)55/h9-24,26-33H,5-8,25H2,1-4H3/q+4. The highest BCUT2D eigenvalue weighted by molar-refractivity contribution is 5.74. The molecule has 10 heteroatoms. The lowest BCUT2D eigenvalue weighted by Gasteiger charge is -2.14. The Morgan fingerprint density at radius 3 is 1.31 bits per heavy atom. The zero-order chi connectivity index (χ0) is 41.9. The largest absolute Gasteiger partial charge is 0.416 e. The first-order chi connectivity index (χ1) is 28.2. The number of aryl methyl sites for hydroxylation is 4. The molecule has 0 spiro atoms. The van der Waals surface area contributed by atoms with E-state index in [2.05, 4.69) is 66.6 Å². The van der Waals surface area contributed by atoms with Crippen molar-refractivity contribution >= 4 is 0 Å². The SMILES string of the molecule is CCCCCC[n+]1ccc(-c2cc(C)[n+](-c3ccc(-[n+]4c(-c5ccc(C(F)(F)F)cc5)cc(-c5cc[n+](C)cc5)cc4-c4ccc(C(F)(F)F)cc4)cc3)c(C)c2)cc1. The van der Waals surface area contributed by atoms with Crippen LogP contribution in [0.15, 0.2) is 146 Å². The number of unbranched alkanes of at least 4 members (excludes halogenated alkanes) is 3. The highest BCUT2D eigenvalue weighted by Crippen LogP contribution is 2.35. The Morgan fingerprint density at radius 1 is 0.441 bits per heavy atom. The molecule has 4 nitrogen and oxygen atoms in total. The molecule has 0 saturated heterocycles. The first-order valence-electron chi connectivity index (χ1n) is 19.7. The van der Waals surface area contributed by atoms with Gasteiger partial charge in [0.25, 0.3) is 0 Å². The topological polar surface area (TPSA) is 15.5 Å². The van der Waals surface area contributed by atoms with Gasteiger partial charge in [0.2, 0.25) is 22.8 Å². The molecular formula is C49H46F6N4+4. The predicted octanol–water partition coefficient (Wildman–Crippen LogP) is 11.3. The molecule has 4 aromatic heterocycles. The average molecular weight is 805 g/mol. The zero-order valence-corrected chi connectivity index (χ0v) is 33.4. The lowest BCUT2D eigenvalue weighted by molar-refractivity contribution is -0.697. The Kier molecular flexibility index (Phi) is 11.8. The molecule has 7 aromatic rings. The molecule has 0 radical (unpaired) electrons. The second-order valence-electron chi connectivity index (χ2n) is 15.0. The van der Waals surface area contributed by atoms with Crippen LogP contribution in [0.25, 0.3) is 56.1 Å². The maximum absolute atomic E-state index is 13.7. The van der Waals surface area contributed by atoms with Crippen molar-refractivity contribution in [2.75, 3.05) is 0 Å². The Bertz CT molecular complexity index is 2440. The molecule has 59 heavy (non-hydrogen) atoms. The molecule has 0 unspecified atom stereocenters. The summed E-state index contributed by atoms with van der Waals surface area (Å²) in [5.74, 6) is 0. The van der Waals surface area contributed by atoms with Crippen LogP contribution in [0, 0.1) is 13.8 Å². The number of hydrogen-bond acceptors (Lipinski definition) is 0. The minimum atomic E-state index is -4.53.